The van der Waals surface area contributed by atoms with E-state index >= 15 is 0 Å². The molecule has 1 aromatic heterocycles. The molecular weight excluding hydrogens is 294 g/mol. The molecule has 3 N–H and O–H groups in total. The second-order valence-electron chi connectivity index (χ2n) is 4.50. The molecule has 5 heteroatoms. The molecule has 0 bridgehead atoms. The van der Waals surface area contributed by atoms with Gasteiger partial charge >= 0.3 is 0 Å². The molecule has 0 saturated heterocycles. The van der Waals surface area contributed by atoms with Gasteiger partial charge in [0.05, 0.1) is 30.1 Å². The third-order valence-electron chi connectivity index (χ3n) is 3.25. The van der Waals surface area contributed by atoms with E-state index in [9.17, 15) is 0 Å². The van der Waals surface area contributed by atoms with Crippen LogP contribution in [-0.4, -0.2) is 11.6 Å². The monoisotopic (exact) mass is 307 g/mol. The predicted molar refractivity (Wildman–Crippen MR) is 75.4 cm³/mol. The minimum atomic E-state index is 0.573. The van der Waals surface area contributed by atoms with Crippen LogP contribution in [0.1, 0.15) is 16.8 Å². The van der Waals surface area contributed by atoms with E-state index < -0.39 is 0 Å². The molecule has 0 fully saturated rings. The van der Waals surface area contributed by atoms with E-state index in [0.29, 0.717) is 6.61 Å². The van der Waals surface area contributed by atoms with Crippen molar-refractivity contribution in [3.63, 3.8) is 0 Å². The van der Waals surface area contributed by atoms with Crippen molar-refractivity contribution in [2.75, 3.05) is 12.0 Å². The number of ether oxygens (including phenoxy) is 1. The summed E-state index contributed by atoms with van der Waals surface area (Å²) in [5.74, 6) is 5.69. The number of aryl methyl sites for hydroxylation is 1. The molecule has 0 unspecified atom stereocenters. The number of pyridine rings is 1. The Labute approximate surface area is 114 Å². The summed E-state index contributed by atoms with van der Waals surface area (Å²) in [6.45, 7) is 3.35. The summed E-state index contributed by atoms with van der Waals surface area (Å²) in [6.07, 6.45) is 0.834. The Balaban J connectivity index is 2.40. The molecule has 2 heterocycles. The molecule has 18 heavy (non-hydrogen) atoms. The molecule has 0 amide bonds. The molecule has 3 rings (SSSR count). The van der Waals surface area contributed by atoms with Crippen molar-refractivity contribution in [3.8, 4) is 0 Å². The molecule has 0 radical (unpaired) electrons. The molecule has 94 valence electrons. The number of nitrogen functional groups attached to an aromatic ring is 1. The summed E-state index contributed by atoms with van der Waals surface area (Å²) in [6, 6.07) is 4.17. The zero-order valence-electron chi connectivity index (χ0n) is 10.1. The third-order valence-corrected chi connectivity index (χ3v) is 3.85. The van der Waals surface area contributed by atoms with Crippen LogP contribution in [0.5, 0.6) is 0 Å². The summed E-state index contributed by atoms with van der Waals surface area (Å²) >= 11 is 3.58. The number of nitrogens with two attached hydrogens (primary N) is 1. The highest BCUT2D eigenvalue weighted by atomic mass is 79.9. The first kappa shape index (κ1) is 11.9. The molecule has 0 aliphatic carbocycles. The van der Waals surface area contributed by atoms with E-state index in [1.165, 1.54) is 5.56 Å². The van der Waals surface area contributed by atoms with Crippen LogP contribution in [0.2, 0.25) is 0 Å². The molecule has 1 aliphatic heterocycles. The highest BCUT2D eigenvalue weighted by Crippen LogP contribution is 2.34. The van der Waals surface area contributed by atoms with Crippen LogP contribution in [0.3, 0.4) is 0 Å². The van der Waals surface area contributed by atoms with E-state index in [1.807, 2.05) is 0 Å². The van der Waals surface area contributed by atoms with E-state index in [4.69, 9.17) is 15.6 Å². The van der Waals surface area contributed by atoms with E-state index in [0.717, 1.165) is 45.3 Å². The number of rotatable bonds is 1. The van der Waals surface area contributed by atoms with Gasteiger partial charge in [-0.3, -0.25) is 10.8 Å². The van der Waals surface area contributed by atoms with Crippen LogP contribution in [0, 0.1) is 6.92 Å². The van der Waals surface area contributed by atoms with E-state index in [2.05, 4.69) is 40.4 Å². The van der Waals surface area contributed by atoms with Gasteiger partial charge in [-0.2, -0.15) is 0 Å². The number of nitrogens with zero attached hydrogens (tertiary/aromatic N) is 1. The van der Waals surface area contributed by atoms with Gasteiger partial charge in [-0.1, -0.05) is 0 Å². The van der Waals surface area contributed by atoms with Crippen LogP contribution in [0.25, 0.3) is 10.9 Å². The Morgan fingerprint density at radius 1 is 1.44 bits per heavy atom. The number of halogens is 1. The van der Waals surface area contributed by atoms with Gasteiger partial charge < -0.3 is 10.2 Å². The lowest BCUT2D eigenvalue weighted by Gasteiger charge is -2.21. The van der Waals surface area contributed by atoms with Crippen molar-refractivity contribution in [1.82, 2.24) is 4.98 Å². The lowest BCUT2D eigenvalue weighted by Crippen LogP contribution is -2.18. The van der Waals surface area contributed by atoms with Crippen molar-refractivity contribution in [2.24, 2.45) is 5.84 Å². The Morgan fingerprint density at radius 2 is 2.28 bits per heavy atom. The molecule has 0 atom stereocenters. The Hall–Kier alpha value is -1.17. The minimum Gasteiger partial charge on any atom is -0.376 e. The molecule has 0 spiro atoms. The number of aromatic nitrogens is 1. The standard InChI is InChI=1S/C13H14BrN3O/c1-7-4-8-12(17-15)9-6-18-3-2-11(9)16-13(8)10(14)5-7/h4-5H,2-3,6,15H2,1H3,(H,16,17). The molecule has 1 aromatic carbocycles. The summed E-state index contributed by atoms with van der Waals surface area (Å²) in [7, 11) is 0. The Bertz CT molecular complexity index is 627. The smallest absolute Gasteiger partial charge is 0.0868 e. The average molecular weight is 308 g/mol. The number of hydrazine groups is 1. The van der Waals surface area contributed by atoms with Gasteiger partial charge in [-0.05, 0) is 40.5 Å². The minimum absolute atomic E-state index is 0.573. The molecule has 2 aromatic rings. The highest BCUT2D eigenvalue weighted by Gasteiger charge is 2.19. The normalized spacial score (nSPS) is 14.6. The summed E-state index contributed by atoms with van der Waals surface area (Å²) in [4.78, 5) is 4.74. The molecule has 0 saturated carbocycles. The molecule has 1 aliphatic rings. The Morgan fingerprint density at radius 3 is 3.06 bits per heavy atom. The fourth-order valence-corrected chi connectivity index (χ4v) is 3.08. The van der Waals surface area contributed by atoms with Crippen molar-refractivity contribution in [1.29, 1.82) is 0 Å². The van der Waals surface area contributed by atoms with Crippen molar-refractivity contribution >= 4 is 32.5 Å². The first-order valence-electron chi connectivity index (χ1n) is 5.86. The van der Waals surface area contributed by atoms with Gasteiger partial charge in [0, 0.05) is 21.8 Å². The van der Waals surface area contributed by atoms with Crippen LogP contribution in [0.15, 0.2) is 16.6 Å². The zero-order valence-corrected chi connectivity index (χ0v) is 11.7. The SMILES string of the molecule is Cc1cc(Br)c2nc3c(c(NN)c2c1)COCC3. The first-order valence-corrected chi connectivity index (χ1v) is 6.66. The maximum Gasteiger partial charge on any atom is 0.0868 e. The van der Waals surface area contributed by atoms with Gasteiger partial charge in [0.1, 0.15) is 0 Å². The fourth-order valence-electron chi connectivity index (χ4n) is 2.42. The number of benzene rings is 1. The van der Waals surface area contributed by atoms with E-state index in [-0.39, 0.29) is 0 Å². The maximum atomic E-state index is 5.69. The fraction of sp³-hybridized carbons (Fsp3) is 0.308. The van der Waals surface area contributed by atoms with Crippen molar-refractivity contribution in [3.05, 3.63) is 33.4 Å². The lowest BCUT2D eigenvalue weighted by molar-refractivity contribution is 0.110. The number of hydrogen-bond donors (Lipinski definition) is 2. The van der Waals surface area contributed by atoms with Gasteiger partial charge in [0.2, 0.25) is 0 Å². The first-order chi connectivity index (χ1) is 8.70. The number of nitrogens with one attached hydrogen (secondary N) is 1. The number of anilines is 1. The highest BCUT2D eigenvalue weighted by molar-refractivity contribution is 9.10. The summed E-state index contributed by atoms with van der Waals surface area (Å²) in [5.41, 5.74) is 8.02. The van der Waals surface area contributed by atoms with Crippen LogP contribution >= 0.6 is 15.9 Å². The average Bonchev–Trinajstić information content (AvgIpc) is 2.36. The van der Waals surface area contributed by atoms with Crippen molar-refractivity contribution in [2.45, 2.75) is 20.0 Å². The largest absolute Gasteiger partial charge is 0.376 e. The summed E-state index contributed by atoms with van der Waals surface area (Å²) < 4.78 is 6.50. The topological polar surface area (TPSA) is 60.2 Å². The Kier molecular flexibility index (Phi) is 2.97. The van der Waals surface area contributed by atoms with Crippen LogP contribution in [0.4, 0.5) is 5.69 Å². The lowest BCUT2D eigenvalue weighted by atomic mass is 10.0. The number of fused-ring (bicyclic) bond motifs is 2. The second-order valence-corrected chi connectivity index (χ2v) is 5.36. The maximum absolute atomic E-state index is 5.69. The second kappa shape index (κ2) is 4.50. The van der Waals surface area contributed by atoms with Crippen LogP contribution < -0.4 is 11.3 Å². The number of hydrogen-bond acceptors (Lipinski definition) is 4. The van der Waals surface area contributed by atoms with E-state index in [1.54, 1.807) is 0 Å². The molecular formula is C13H14BrN3O. The van der Waals surface area contributed by atoms with Crippen molar-refractivity contribution < 1.29 is 4.74 Å². The molecule has 4 nitrogen and oxygen atoms in total. The van der Waals surface area contributed by atoms with Crippen LogP contribution in [-0.2, 0) is 17.8 Å². The van der Waals surface area contributed by atoms with Gasteiger partial charge in [0.15, 0.2) is 0 Å². The summed E-state index contributed by atoms with van der Waals surface area (Å²) in [5, 5.41) is 1.04. The predicted octanol–water partition coefficient (Wildman–Crippen LogP) is 2.66. The quantitative estimate of drug-likeness (QED) is 0.628. The van der Waals surface area contributed by atoms with Gasteiger partial charge in [-0.15, -0.1) is 0 Å². The van der Waals surface area contributed by atoms with Gasteiger partial charge in [0.25, 0.3) is 0 Å². The zero-order chi connectivity index (χ0) is 12.7. The third kappa shape index (κ3) is 1.79. The van der Waals surface area contributed by atoms with Gasteiger partial charge in [-0.25, -0.2) is 0 Å².